The van der Waals surface area contributed by atoms with Gasteiger partial charge in [-0.25, -0.2) is 4.79 Å². The van der Waals surface area contributed by atoms with E-state index in [1.807, 2.05) is 66.1 Å². The highest BCUT2D eigenvalue weighted by Gasteiger charge is 2.30. The average Bonchev–Trinajstić information content (AvgIpc) is 2.90. The Balaban J connectivity index is 2.52. The molecule has 138 valence electrons. The summed E-state index contributed by atoms with van der Waals surface area (Å²) in [6.07, 6.45) is 3.29. The number of hydrogen-bond acceptors (Lipinski definition) is 4. The number of carbonyl (C=O) groups is 1. The van der Waals surface area contributed by atoms with Gasteiger partial charge < -0.3 is 20.6 Å². The van der Waals surface area contributed by atoms with Crippen LogP contribution in [0.5, 0.6) is 0 Å². The quantitative estimate of drug-likeness (QED) is 0.668. The molecule has 1 heterocycles. The number of hydrogen-bond donors (Lipinski definition) is 3. The zero-order valence-electron chi connectivity index (χ0n) is 16.0. The van der Waals surface area contributed by atoms with Crippen LogP contribution in [0.1, 0.15) is 39.3 Å². The van der Waals surface area contributed by atoms with Gasteiger partial charge in [-0.3, -0.25) is 4.68 Å². The fourth-order valence-corrected chi connectivity index (χ4v) is 2.78. The summed E-state index contributed by atoms with van der Waals surface area (Å²) in [6.45, 7) is 8.76. The normalized spacial score (nSPS) is 14.8. The number of amides is 2. The molecular formula is C17H33N5O2. The van der Waals surface area contributed by atoms with Crippen molar-refractivity contribution in [3.8, 4) is 0 Å². The summed E-state index contributed by atoms with van der Waals surface area (Å²) in [4.78, 5) is 14.1. The van der Waals surface area contributed by atoms with Crippen LogP contribution >= 0.6 is 0 Å². The van der Waals surface area contributed by atoms with Crippen LogP contribution in [0.4, 0.5) is 4.79 Å². The van der Waals surface area contributed by atoms with E-state index in [1.165, 1.54) is 0 Å². The number of urea groups is 1. The standard InChI is InChI=1S/C17H33N5O2/c1-12(2)15(23)17(3,4)11-19-16(24)18-9-14(21(5)6)13-8-20-22(7)10-13/h8,10,12,14-15,23H,9,11H2,1-7H3,(H2,18,19,24). The van der Waals surface area contributed by atoms with Crippen molar-refractivity contribution in [3.63, 3.8) is 0 Å². The number of likely N-dealkylation sites (N-methyl/N-ethyl adjacent to an activating group) is 1. The van der Waals surface area contributed by atoms with Crippen molar-refractivity contribution in [2.45, 2.75) is 39.8 Å². The summed E-state index contributed by atoms with van der Waals surface area (Å²) < 4.78 is 1.75. The van der Waals surface area contributed by atoms with Gasteiger partial charge in [0.05, 0.1) is 18.3 Å². The molecule has 2 unspecified atom stereocenters. The third kappa shape index (κ3) is 5.79. The number of nitrogens with zero attached hydrogens (tertiary/aromatic N) is 3. The third-order valence-corrected chi connectivity index (χ3v) is 4.33. The number of nitrogens with one attached hydrogen (secondary N) is 2. The monoisotopic (exact) mass is 339 g/mol. The molecule has 0 bridgehead atoms. The summed E-state index contributed by atoms with van der Waals surface area (Å²) in [6, 6.07) is -0.173. The molecule has 1 aromatic heterocycles. The molecule has 7 nitrogen and oxygen atoms in total. The predicted molar refractivity (Wildman–Crippen MR) is 95.7 cm³/mol. The highest BCUT2D eigenvalue weighted by atomic mass is 16.3. The van der Waals surface area contributed by atoms with Crippen molar-refractivity contribution in [2.24, 2.45) is 18.4 Å². The van der Waals surface area contributed by atoms with Crippen molar-refractivity contribution in [1.82, 2.24) is 25.3 Å². The Morgan fingerprint density at radius 2 is 2.00 bits per heavy atom. The first-order chi connectivity index (χ1) is 11.0. The fraction of sp³-hybridized carbons (Fsp3) is 0.765. The van der Waals surface area contributed by atoms with Crippen LogP contribution in [-0.4, -0.2) is 59.1 Å². The van der Waals surface area contributed by atoms with Gasteiger partial charge in [0.1, 0.15) is 0 Å². The molecule has 0 aliphatic heterocycles. The van der Waals surface area contributed by atoms with Gasteiger partial charge in [0, 0.05) is 37.3 Å². The van der Waals surface area contributed by atoms with Crippen molar-refractivity contribution in [2.75, 3.05) is 27.2 Å². The molecule has 0 aromatic carbocycles. The van der Waals surface area contributed by atoms with Crippen LogP contribution in [-0.2, 0) is 7.05 Å². The minimum atomic E-state index is -0.470. The molecule has 7 heteroatoms. The molecule has 0 radical (unpaired) electrons. The molecule has 0 fully saturated rings. The molecule has 0 saturated carbocycles. The average molecular weight is 339 g/mol. The van der Waals surface area contributed by atoms with Gasteiger partial charge in [0.2, 0.25) is 0 Å². The maximum Gasteiger partial charge on any atom is 0.314 e. The molecule has 24 heavy (non-hydrogen) atoms. The van der Waals surface area contributed by atoms with Crippen LogP contribution in [0.15, 0.2) is 12.4 Å². The number of aryl methyl sites for hydroxylation is 1. The van der Waals surface area contributed by atoms with E-state index in [9.17, 15) is 9.90 Å². The lowest BCUT2D eigenvalue weighted by Crippen LogP contribution is -2.47. The van der Waals surface area contributed by atoms with E-state index in [2.05, 4.69) is 15.7 Å². The Labute approximate surface area is 145 Å². The smallest absolute Gasteiger partial charge is 0.314 e. The lowest BCUT2D eigenvalue weighted by Gasteiger charge is -2.33. The predicted octanol–water partition coefficient (Wildman–Crippen LogP) is 1.37. The Morgan fingerprint density at radius 3 is 2.46 bits per heavy atom. The van der Waals surface area contributed by atoms with Gasteiger partial charge >= 0.3 is 6.03 Å². The SMILES string of the molecule is CC(C)C(O)C(C)(C)CNC(=O)NCC(c1cnn(C)c1)N(C)C. The zero-order valence-corrected chi connectivity index (χ0v) is 16.0. The first kappa shape index (κ1) is 20.4. The van der Waals surface area contributed by atoms with E-state index in [4.69, 9.17) is 0 Å². The Bertz CT molecular complexity index is 525. The third-order valence-electron chi connectivity index (χ3n) is 4.33. The Hall–Kier alpha value is -1.60. The second-order valence-corrected chi connectivity index (χ2v) is 7.67. The molecule has 2 atom stereocenters. The van der Waals surface area contributed by atoms with Crippen LogP contribution in [0, 0.1) is 11.3 Å². The first-order valence-corrected chi connectivity index (χ1v) is 8.39. The molecule has 0 aliphatic rings. The van der Waals surface area contributed by atoms with Crippen LogP contribution in [0.3, 0.4) is 0 Å². The topological polar surface area (TPSA) is 82.4 Å². The second-order valence-electron chi connectivity index (χ2n) is 7.67. The van der Waals surface area contributed by atoms with Crippen LogP contribution in [0.25, 0.3) is 0 Å². The van der Waals surface area contributed by atoms with Crippen molar-refractivity contribution in [3.05, 3.63) is 18.0 Å². The van der Waals surface area contributed by atoms with E-state index >= 15 is 0 Å². The highest BCUT2D eigenvalue weighted by Crippen LogP contribution is 2.25. The minimum Gasteiger partial charge on any atom is -0.392 e. The molecule has 1 aromatic rings. The van der Waals surface area contributed by atoms with Gasteiger partial charge in [0.15, 0.2) is 0 Å². The Morgan fingerprint density at radius 1 is 1.38 bits per heavy atom. The van der Waals surface area contributed by atoms with Gasteiger partial charge in [-0.1, -0.05) is 27.7 Å². The summed E-state index contributed by atoms with van der Waals surface area (Å²) in [5, 5.41) is 20.2. The Kier molecular flexibility index (Phi) is 7.23. The number of aromatic nitrogens is 2. The van der Waals surface area contributed by atoms with Gasteiger partial charge in [-0.2, -0.15) is 5.10 Å². The maximum atomic E-state index is 12.1. The van der Waals surface area contributed by atoms with E-state index in [0.717, 1.165) is 5.56 Å². The largest absolute Gasteiger partial charge is 0.392 e. The van der Waals surface area contributed by atoms with E-state index in [-0.39, 0.29) is 23.4 Å². The number of rotatable bonds is 8. The molecule has 3 N–H and O–H groups in total. The maximum absolute atomic E-state index is 12.1. The van der Waals surface area contributed by atoms with E-state index < -0.39 is 6.10 Å². The number of carbonyl (C=O) groups excluding carboxylic acids is 1. The molecule has 0 spiro atoms. The fourth-order valence-electron chi connectivity index (χ4n) is 2.78. The van der Waals surface area contributed by atoms with Crippen molar-refractivity contribution >= 4 is 6.03 Å². The minimum absolute atomic E-state index is 0.0544. The van der Waals surface area contributed by atoms with Gasteiger partial charge in [-0.05, 0) is 20.0 Å². The zero-order chi connectivity index (χ0) is 18.5. The summed E-state index contributed by atoms with van der Waals surface area (Å²) >= 11 is 0. The molecule has 0 saturated heterocycles. The summed E-state index contributed by atoms with van der Waals surface area (Å²) in [7, 11) is 5.82. The number of aliphatic hydroxyl groups is 1. The van der Waals surface area contributed by atoms with Crippen molar-refractivity contribution in [1.29, 1.82) is 0 Å². The molecule has 2 amide bonds. The van der Waals surface area contributed by atoms with E-state index in [1.54, 1.807) is 4.68 Å². The summed E-state index contributed by atoms with van der Waals surface area (Å²) in [5.74, 6) is 0.147. The highest BCUT2D eigenvalue weighted by molar-refractivity contribution is 5.73. The second kappa shape index (κ2) is 8.48. The van der Waals surface area contributed by atoms with Crippen LogP contribution in [0.2, 0.25) is 0 Å². The molecule has 0 aliphatic carbocycles. The first-order valence-electron chi connectivity index (χ1n) is 8.39. The molecule has 1 rings (SSSR count). The lowest BCUT2D eigenvalue weighted by molar-refractivity contribution is 0.0151. The lowest BCUT2D eigenvalue weighted by atomic mass is 9.81. The van der Waals surface area contributed by atoms with E-state index in [0.29, 0.717) is 13.1 Å². The van der Waals surface area contributed by atoms with Gasteiger partial charge in [-0.15, -0.1) is 0 Å². The van der Waals surface area contributed by atoms with Crippen molar-refractivity contribution < 1.29 is 9.90 Å². The van der Waals surface area contributed by atoms with Crippen LogP contribution < -0.4 is 10.6 Å². The molecular weight excluding hydrogens is 306 g/mol. The van der Waals surface area contributed by atoms with Gasteiger partial charge in [0.25, 0.3) is 0 Å². The number of aliphatic hydroxyl groups excluding tert-OH is 1. The summed E-state index contributed by atoms with van der Waals surface area (Å²) in [5.41, 5.74) is 0.675.